The molecule has 1 rings (SSSR count). The zero-order valence-corrected chi connectivity index (χ0v) is 10.1. The van der Waals surface area contributed by atoms with Crippen LogP contribution in [0, 0.1) is 6.92 Å². The van der Waals surface area contributed by atoms with E-state index >= 15 is 0 Å². The Hall–Kier alpha value is -1.47. The predicted molar refractivity (Wildman–Crippen MR) is 60.5 cm³/mol. The van der Waals surface area contributed by atoms with Crippen molar-refractivity contribution >= 4 is 23.2 Å². The SMILES string of the molecule is CCOC(=O)c1c(C(=S)NO)nn(C)c1C. The molecule has 88 valence electrons. The molecular weight excluding hydrogens is 230 g/mol. The lowest BCUT2D eigenvalue weighted by Crippen LogP contribution is -2.21. The van der Waals surface area contributed by atoms with E-state index in [9.17, 15) is 4.79 Å². The highest BCUT2D eigenvalue weighted by molar-refractivity contribution is 7.80. The van der Waals surface area contributed by atoms with Gasteiger partial charge in [-0.1, -0.05) is 12.2 Å². The highest BCUT2D eigenvalue weighted by Crippen LogP contribution is 2.14. The Balaban J connectivity index is 3.24. The number of nitrogens with one attached hydrogen (secondary N) is 1. The third-order valence-electron chi connectivity index (χ3n) is 2.13. The Morgan fingerprint density at radius 2 is 2.31 bits per heavy atom. The summed E-state index contributed by atoms with van der Waals surface area (Å²) in [5.74, 6) is -0.499. The molecule has 2 N–H and O–H groups in total. The van der Waals surface area contributed by atoms with Crippen molar-refractivity contribution in [1.82, 2.24) is 15.3 Å². The minimum atomic E-state index is -0.499. The highest BCUT2D eigenvalue weighted by Gasteiger charge is 2.23. The van der Waals surface area contributed by atoms with Gasteiger partial charge >= 0.3 is 5.97 Å². The van der Waals surface area contributed by atoms with Crippen molar-refractivity contribution in [3.05, 3.63) is 17.0 Å². The van der Waals surface area contributed by atoms with Gasteiger partial charge in [0, 0.05) is 7.05 Å². The first-order valence-corrected chi connectivity index (χ1v) is 5.08. The molecule has 1 aromatic rings. The molecule has 1 heterocycles. The van der Waals surface area contributed by atoms with E-state index in [1.54, 1.807) is 20.9 Å². The number of esters is 1. The first kappa shape index (κ1) is 12.6. The standard InChI is InChI=1S/C9H13N3O3S/c1-4-15-9(13)6-5(2)12(3)10-7(6)8(16)11-14/h14H,4H2,1-3H3,(H,11,16). The molecule has 0 fully saturated rings. The molecule has 0 amide bonds. The maximum atomic E-state index is 11.7. The molecule has 0 spiro atoms. The van der Waals surface area contributed by atoms with Gasteiger partial charge in [0.05, 0.1) is 12.3 Å². The van der Waals surface area contributed by atoms with Crippen LogP contribution in [0.3, 0.4) is 0 Å². The van der Waals surface area contributed by atoms with Gasteiger partial charge in [-0.2, -0.15) is 5.10 Å². The Bertz CT molecular complexity index is 428. The van der Waals surface area contributed by atoms with Crippen LogP contribution in [0.1, 0.15) is 28.7 Å². The molecule has 0 aliphatic heterocycles. The van der Waals surface area contributed by atoms with Gasteiger partial charge < -0.3 is 4.74 Å². The van der Waals surface area contributed by atoms with Crippen LogP contribution < -0.4 is 5.48 Å². The van der Waals surface area contributed by atoms with Crippen molar-refractivity contribution in [3.8, 4) is 0 Å². The fraction of sp³-hybridized carbons (Fsp3) is 0.444. The average Bonchev–Trinajstić information content (AvgIpc) is 2.55. The van der Waals surface area contributed by atoms with Crippen LogP contribution in [0.4, 0.5) is 0 Å². The van der Waals surface area contributed by atoms with Crippen molar-refractivity contribution in [2.24, 2.45) is 7.05 Å². The number of nitrogens with zero attached hydrogens (tertiary/aromatic N) is 2. The Morgan fingerprint density at radius 3 is 2.81 bits per heavy atom. The largest absolute Gasteiger partial charge is 0.462 e. The van der Waals surface area contributed by atoms with Crippen LogP contribution in [-0.2, 0) is 11.8 Å². The highest BCUT2D eigenvalue weighted by atomic mass is 32.1. The molecule has 1 aromatic heterocycles. The van der Waals surface area contributed by atoms with Crippen LogP contribution in [0.5, 0.6) is 0 Å². The summed E-state index contributed by atoms with van der Waals surface area (Å²) in [5.41, 5.74) is 2.93. The van der Waals surface area contributed by atoms with E-state index in [-0.39, 0.29) is 22.9 Å². The summed E-state index contributed by atoms with van der Waals surface area (Å²) in [7, 11) is 1.68. The number of hydroxylamine groups is 1. The number of ether oxygens (including phenoxy) is 1. The van der Waals surface area contributed by atoms with Crippen LogP contribution >= 0.6 is 12.2 Å². The van der Waals surface area contributed by atoms with Crippen LogP contribution in [-0.4, -0.2) is 32.6 Å². The van der Waals surface area contributed by atoms with E-state index in [0.29, 0.717) is 5.69 Å². The summed E-state index contributed by atoms with van der Waals surface area (Å²) in [6.45, 7) is 3.71. The third kappa shape index (κ3) is 2.20. The first-order valence-electron chi connectivity index (χ1n) is 4.68. The number of carbonyl (C=O) groups is 1. The van der Waals surface area contributed by atoms with Gasteiger partial charge in [-0.25, -0.2) is 4.79 Å². The number of aromatic nitrogens is 2. The van der Waals surface area contributed by atoms with Crippen LogP contribution in [0.25, 0.3) is 0 Å². The minimum Gasteiger partial charge on any atom is -0.462 e. The van der Waals surface area contributed by atoms with Gasteiger partial charge in [-0.15, -0.1) is 0 Å². The molecule has 0 saturated heterocycles. The molecule has 0 atom stereocenters. The molecule has 0 aliphatic carbocycles. The van der Waals surface area contributed by atoms with Crippen LogP contribution in [0.15, 0.2) is 0 Å². The van der Waals surface area contributed by atoms with Gasteiger partial charge in [0.15, 0.2) is 4.99 Å². The Labute approximate surface area is 98.2 Å². The van der Waals surface area contributed by atoms with Crippen molar-refractivity contribution in [3.63, 3.8) is 0 Å². The van der Waals surface area contributed by atoms with Crippen molar-refractivity contribution < 1.29 is 14.7 Å². The second-order valence-corrected chi connectivity index (χ2v) is 3.50. The number of carbonyl (C=O) groups excluding carboxylic acids is 1. The fourth-order valence-corrected chi connectivity index (χ4v) is 1.41. The first-order chi connectivity index (χ1) is 7.52. The van der Waals surface area contributed by atoms with E-state index in [4.69, 9.17) is 22.2 Å². The second-order valence-electron chi connectivity index (χ2n) is 3.09. The molecule has 6 nitrogen and oxygen atoms in total. The maximum absolute atomic E-state index is 11.7. The molecule has 0 bridgehead atoms. The number of hydrogen-bond donors (Lipinski definition) is 2. The number of thiocarbonyl (C=S) groups is 1. The smallest absolute Gasteiger partial charge is 0.342 e. The van der Waals surface area contributed by atoms with E-state index in [1.165, 1.54) is 4.68 Å². The zero-order valence-electron chi connectivity index (χ0n) is 9.27. The lowest BCUT2D eigenvalue weighted by molar-refractivity contribution is 0.0525. The summed E-state index contributed by atoms with van der Waals surface area (Å²) in [6.07, 6.45) is 0. The third-order valence-corrected chi connectivity index (χ3v) is 2.41. The maximum Gasteiger partial charge on any atom is 0.342 e. The normalized spacial score (nSPS) is 10.0. The molecule has 0 aliphatic rings. The summed E-state index contributed by atoms with van der Waals surface area (Å²) in [4.78, 5) is 11.7. The van der Waals surface area contributed by atoms with Crippen molar-refractivity contribution in [1.29, 1.82) is 0 Å². The molecule has 0 radical (unpaired) electrons. The summed E-state index contributed by atoms with van der Waals surface area (Å²) in [5, 5.41) is 12.8. The number of rotatable bonds is 3. The summed E-state index contributed by atoms with van der Waals surface area (Å²) >= 11 is 4.84. The second kappa shape index (κ2) is 5.04. The minimum absolute atomic E-state index is 0.00764. The Kier molecular flexibility index (Phi) is 3.97. The molecule has 0 saturated carbocycles. The monoisotopic (exact) mass is 243 g/mol. The lowest BCUT2D eigenvalue weighted by atomic mass is 10.2. The number of hydrogen-bond acceptors (Lipinski definition) is 5. The van der Waals surface area contributed by atoms with Gasteiger partial charge in [0.1, 0.15) is 11.3 Å². The zero-order chi connectivity index (χ0) is 12.3. The molecule has 16 heavy (non-hydrogen) atoms. The van der Waals surface area contributed by atoms with Gasteiger partial charge in [-0.05, 0) is 13.8 Å². The topological polar surface area (TPSA) is 76.4 Å². The van der Waals surface area contributed by atoms with E-state index in [1.807, 2.05) is 5.48 Å². The Morgan fingerprint density at radius 1 is 1.69 bits per heavy atom. The molecular formula is C9H13N3O3S. The summed E-state index contributed by atoms with van der Waals surface area (Å²) < 4.78 is 6.40. The average molecular weight is 243 g/mol. The van der Waals surface area contributed by atoms with E-state index < -0.39 is 5.97 Å². The van der Waals surface area contributed by atoms with E-state index in [0.717, 1.165) is 0 Å². The molecule has 0 aromatic carbocycles. The fourth-order valence-electron chi connectivity index (χ4n) is 1.27. The van der Waals surface area contributed by atoms with Gasteiger partial charge in [0.2, 0.25) is 0 Å². The predicted octanol–water partition coefficient (Wildman–Crippen LogP) is 0.560. The molecule has 0 unspecified atom stereocenters. The van der Waals surface area contributed by atoms with Gasteiger partial charge in [-0.3, -0.25) is 15.4 Å². The van der Waals surface area contributed by atoms with Crippen LogP contribution in [0.2, 0.25) is 0 Å². The molecule has 7 heteroatoms. The van der Waals surface area contributed by atoms with E-state index in [2.05, 4.69) is 5.10 Å². The van der Waals surface area contributed by atoms with Crippen molar-refractivity contribution in [2.75, 3.05) is 6.61 Å². The lowest BCUT2D eigenvalue weighted by Gasteiger charge is -2.03. The quantitative estimate of drug-likeness (QED) is 0.459. The number of aryl methyl sites for hydroxylation is 1. The van der Waals surface area contributed by atoms with Gasteiger partial charge in [0.25, 0.3) is 0 Å². The van der Waals surface area contributed by atoms with Crippen molar-refractivity contribution in [2.45, 2.75) is 13.8 Å². The summed E-state index contributed by atoms with van der Waals surface area (Å²) in [6, 6.07) is 0.